The van der Waals surface area contributed by atoms with Gasteiger partial charge in [0, 0.05) is 61.6 Å². The van der Waals surface area contributed by atoms with Crippen molar-refractivity contribution in [2.24, 2.45) is 0 Å². The van der Waals surface area contributed by atoms with E-state index in [1.54, 1.807) is 18.3 Å². The van der Waals surface area contributed by atoms with Crippen molar-refractivity contribution in [2.45, 2.75) is 25.8 Å². The molecule has 29 heavy (non-hydrogen) atoms. The molecule has 0 spiro atoms. The Morgan fingerprint density at radius 3 is 2.76 bits per heavy atom. The van der Waals surface area contributed by atoms with Crippen LogP contribution in [0.3, 0.4) is 0 Å². The standard InChI is InChI=1S/C22H30N4O2S/c1-17(27)19(5-3-9-26-10-8-23-16-22(26)28)24-11-13-25(14-12-24)20-4-2-6-21-18(20)7-15-29-21/h2,4,6-7,15,19,23H,3,5,8-14,16H2,1H3. The third-order valence-electron chi connectivity index (χ3n) is 6.13. The first-order chi connectivity index (χ1) is 14.1. The number of nitrogens with one attached hydrogen (secondary N) is 1. The van der Waals surface area contributed by atoms with Crippen molar-refractivity contribution in [1.82, 2.24) is 15.1 Å². The molecule has 1 aromatic carbocycles. The minimum Gasteiger partial charge on any atom is -0.368 e. The molecule has 0 aliphatic carbocycles. The highest BCUT2D eigenvalue weighted by Gasteiger charge is 2.27. The first-order valence-electron chi connectivity index (χ1n) is 10.6. The van der Waals surface area contributed by atoms with Crippen molar-refractivity contribution < 1.29 is 9.59 Å². The number of hydrogen-bond acceptors (Lipinski definition) is 6. The molecule has 2 aromatic rings. The van der Waals surface area contributed by atoms with Gasteiger partial charge in [-0.3, -0.25) is 14.5 Å². The Morgan fingerprint density at radius 2 is 2.00 bits per heavy atom. The zero-order valence-corrected chi connectivity index (χ0v) is 17.9. The van der Waals surface area contributed by atoms with Crippen LogP contribution in [0.5, 0.6) is 0 Å². The molecule has 156 valence electrons. The van der Waals surface area contributed by atoms with Gasteiger partial charge in [0.1, 0.15) is 5.78 Å². The van der Waals surface area contributed by atoms with E-state index >= 15 is 0 Å². The van der Waals surface area contributed by atoms with Crippen molar-refractivity contribution in [3.63, 3.8) is 0 Å². The molecule has 4 rings (SSSR count). The van der Waals surface area contributed by atoms with E-state index in [4.69, 9.17) is 0 Å². The number of anilines is 1. The monoisotopic (exact) mass is 414 g/mol. The Morgan fingerprint density at radius 1 is 1.17 bits per heavy atom. The molecule has 0 saturated carbocycles. The van der Waals surface area contributed by atoms with Gasteiger partial charge in [0.05, 0.1) is 12.6 Å². The van der Waals surface area contributed by atoms with E-state index < -0.39 is 0 Å². The molecular weight excluding hydrogens is 384 g/mol. The first-order valence-corrected chi connectivity index (χ1v) is 11.5. The number of nitrogens with zero attached hydrogens (tertiary/aromatic N) is 3. The number of piperazine rings is 2. The Kier molecular flexibility index (Phi) is 6.47. The highest BCUT2D eigenvalue weighted by Crippen LogP contribution is 2.31. The van der Waals surface area contributed by atoms with Crippen LogP contribution in [0.4, 0.5) is 5.69 Å². The zero-order chi connectivity index (χ0) is 20.2. The SMILES string of the molecule is CC(=O)C(CCCN1CCNCC1=O)N1CCN(c2cccc3sccc23)CC1. The number of thiophene rings is 1. The summed E-state index contributed by atoms with van der Waals surface area (Å²) < 4.78 is 1.33. The first kappa shape index (κ1) is 20.3. The number of carbonyl (C=O) groups is 2. The molecule has 1 amide bonds. The molecule has 6 nitrogen and oxygen atoms in total. The van der Waals surface area contributed by atoms with Crippen molar-refractivity contribution in [3.05, 3.63) is 29.6 Å². The molecule has 3 heterocycles. The number of rotatable bonds is 7. The smallest absolute Gasteiger partial charge is 0.236 e. The van der Waals surface area contributed by atoms with Gasteiger partial charge in [-0.2, -0.15) is 0 Å². The minimum absolute atomic E-state index is 0.0351. The van der Waals surface area contributed by atoms with Crippen LogP contribution in [0.25, 0.3) is 10.1 Å². The molecule has 2 saturated heterocycles. The molecule has 1 unspecified atom stereocenters. The fraction of sp³-hybridized carbons (Fsp3) is 0.545. The van der Waals surface area contributed by atoms with Crippen LogP contribution >= 0.6 is 11.3 Å². The molecule has 2 aliphatic rings. The van der Waals surface area contributed by atoms with Crippen LogP contribution in [0.1, 0.15) is 19.8 Å². The van der Waals surface area contributed by atoms with Crippen LogP contribution in [0.2, 0.25) is 0 Å². The van der Waals surface area contributed by atoms with E-state index in [1.807, 2.05) is 4.90 Å². The quantitative estimate of drug-likeness (QED) is 0.753. The summed E-state index contributed by atoms with van der Waals surface area (Å²) >= 11 is 1.78. The molecule has 1 aromatic heterocycles. The summed E-state index contributed by atoms with van der Waals surface area (Å²) in [6, 6.07) is 8.69. The Bertz CT molecular complexity index is 859. The lowest BCUT2D eigenvalue weighted by Crippen LogP contribution is -2.53. The Labute approximate surface area is 176 Å². The van der Waals surface area contributed by atoms with Gasteiger partial charge in [-0.15, -0.1) is 11.3 Å². The summed E-state index contributed by atoms with van der Waals surface area (Å²) in [7, 11) is 0. The van der Waals surface area contributed by atoms with Gasteiger partial charge in [0.15, 0.2) is 0 Å². The third kappa shape index (κ3) is 4.63. The maximum absolute atomic E-state index is 12.3. The normalized spacial score (nSPS) is 19.7. The average molecular weight is 415 g/mol. The van der Waals surface area contributed by atoms with Crippen molar-refractivity contribution >= 4 is 38.8 Å². The number of amides is 1. The van der Waals surface area contributed by atoms with Crippen molar-refractivity contribution in [3.8, 4) is 0 Å². The summed E-state index contributed by atoms with van der Waals surface area (Å²) in [5.74, 6) is 0.414. The summed E-state index contributed by atoms with van der Waals surface area (Å²) in [6.45, 7) is 8.22. The fourth-order valence-corrected chi connectivity index (χ4v) is 5.34. The van der Waals surface area contributed by atoms with Gasteiger partial charge in [-0.1, -0.05) is 6.07 Å². The van der Waals surface area contributed by atoms with Crippen LogP contribution in [-0.2, 0) is 9.59 Å². The topological polar surface area (TPSA) is 55.9 Å². The van der Waals surface area contributed by atoms with Gasteiger partial charge < -0.3 is 15.1 Å². The fourth-order valence-electron chi connectivity index (χ4n) is 4.53. The largest absolute Gasteiger partial charge is 0.368 e. The van der Waals surface area contributed by atoms with E-state index in [0.717, 1.165) is 58.7 Å². The highest BCUT2D eigenvalue weighted by molar-refractivity contribution is 7.17. The summed E-state index contributed by atoms with van der Waals surface area (Å²) in [5, 5.41) is 6.58. The van der Waals surface area contributed by atoms with Crippen molar-refractivity contribution in [2.75, 3.05) is 57.3 Å². The number of fused-ring (bicyclic) bond motifs is 1. The Balaban J connectivity index is 1.32. The van der Waals surface area contributed by atoms with E-state index in [1.165, 1.54) is 15.8 Å². The highest BCUT2D eigenvalue weighted by atomic mass is 32.1. The lowest BCUT2D eigenvalue weighted by atomic mass is 10.0. The summed E-state index contributed by atoms with van der Waals surface area (Å²) in [4.78, 5) is 31.0. The van der Waals surface area contributed by atoms with E-state index in [-0.39, 0.29) is 17.7 Å². The maximum atomic E-state index is 12.3. The predicted octanol–water partition coefficient (Wildman–Crippen LogP) is 2.19. The summed E-state index contributed by atoms with van der Waals surface area (Å²) in [5.41, 5.74) is 1.31. The van der Waals surface area contributed by atoms with Crippen LogP contribution in [-0.4, -0.2) is 79.9 Å². The second-order valence-electron chi connectivity index (χ2n) is 7.96. The van der Waals surface area contributed by atoms with Crippen molar-refractivity contribution in [1.29, 1.82) is 0 Å². The van der Waals surface area contributed by atoms with Crippen LogP contribution < -0.4 is 10.2 Å². The number of carbonyl (C=O) groups excluding carboxylic acids is 2. The molecular formula is C22H30N4O2S. The molecule has 1 atom stereocenters. The minimum atomic E-state index is -0.0351. The van der Waals surface area contributed by atoms with Gasteiger partial charge in [0.2, 0.25) is 5.91 Å². The lowest BCUT2D eigenvalue weighted by Gasteiger charge is -2.40. The lowest BCUT2D eigenvalue weighted by molar-refractivity contribution is -0.132. The predicted molar refractivity (Wildman–Crippen MR) is 119 cm³/mol. The summed E-state index contributed by atoms with van der Waals surface area (Å²) in [6.07, 6.45) is 1.71. The van der Waals surface area contributed by atoms with Crippen LogP contribution in [0, 0.1) is 0 Å². The van der Waals surface area contributed by atoms with Crippen LogP contribution in [0.15, 0.2) is 29.6 Å². The van der Waals surface area contributed by atoms with E-state index in [9.17, 15) is 9.59 Å². The Hall–Kier alpha value is -1.96. The van der Waals surface area contributed by atoms with E-state index in [0.29, 0.717) is 6.54 Å². The van der Waals surface area contributed by atoms with Gasteiger partial charge in [0.25, 0.3) is 0 Å². The second kappa shape index (κ2) is 9.24. The number of Topliss-reactive ketones (excluding diaryl/α,β-unsaturated/α-hetero) is 1. The van der Waals surface area contributed by atoms with Gasteiger partial charge in [-0.05, 0) is 43.3 Å². The number of hydrogen-bond donors (Lipinski definition) is 1. The van der Waals surface area contributed by atoms with E-state index in [2.05, 4.69) is 44.8 Å². The zero-order valence-electron chi connectivity index (χ0n) is 17.1. The number of ketones is 1. The molecule has 0 bridgehead atoms. The van der Waals surface area contributed by atoms with Gasteiger partial charge in [-0.25, -0.2) is 0 Å². The average Bonchev–Trinajstić information content (AvgIpc) is 3.21. The molecule has 2 aliphatic heterocycles. The van der Waals surface area contributed by atoms with Gasteiger partial charge >= 0.3 is 0 Å². The third-order valence-corrected chi connectivity index (χ3v) is 7.01. The molecule has 7 heteroatoms. The second-order valence-corrected chi connectivity index (χ2v) is 8.91. The molecule has 2 fully saturated rings. The molecule has 1 N–H and O–H groups in total. The maximum Gasteiger partial charge on any atom is 0.236 e. The molecule has 0 radical (unpaired) electrons. The number of benzene rings is 1.